The summed E-state index contributed by atoms with van der Waals surface area (Å²) in [5.41, 5.74) is 0. The molecule has 12 nitrogen and oxygen atoms in total. The van der Waals surface area contributed by atoms with Gasteiger partial charge in [0, 0.05) is 41.2 Å². The van der Waals surface area contributed by atoms with Gasteiger partial charge in [0.1, 0.15) is 12.7 Å². The number of nitrogens with one attached hydrogen (secondary N) is 1. The lowest BCUT2D eigenvalue weighted by atomic mass is 9.98. The van der Waals surface area contributed by atoms with Gasteiger partial charge in [-0.05, 0) is 0 Å². The molecule has 1 N–H and O–H groups in total. The van der Waals surface area contributed by atoms with Crippen molar-refractivity contribution in [1.29, 1.82) is 0 Å². The Bertz CT molecular complexity index is 650. The third-order valence-corrected chi connectivity index (χ3v) is 3.71. The number of amides is 1. The highest BCUT2D eigenvalue weighted by Gasteiger charge is 2.52. The lowest BCUT2D eigenvalue weighted by Crippen LogP contribution is -2.63. The molecule has 30 heavy (non-hydrogen) atoms. The zero-order chi connectivity index (χ0) is 22.8. The first kappa shape index (κ1) is 25.3. The molecule has 12 heteroatoms. The number of hydrogen-bond donors (Lipinski definition) is 1. The zero-order valence-corrected chi connectivity index (χ0v) is 17.5. The Morgan fingerprint density at radius 1 is 0.767 bits per heavy atom. The van der Waals surface area contributed by atoms with Crippen LogP contribution in [0.5, 0.6) is 0 Å². The van der Waals surface area contributed by atoms with E-state index in [4.69, 9.17) is 28.4 Å². The molecule has 0 aliphatic carbocycles. The fourth-order valence-corrected chi connectivity index (χ4v) is 2.73. The van der Waals surface area contributed by atoms with Crippen molar-refractivity contribution in [3.05, 3.63) is 0 Å². The highest BCUT2D eigenvalue weighted by Crippen LogP contribution is 2.29. The Labute approximate surface area is 173 Å². The van der Waals surface area contributed by atoms with Gasteiger partial charge in [-0.25, -0.2) is 0 Å². The molecule has 0 bridgehead atoms. The summed E-state index contributed by atoms with van der Waals surface area (Å²) in [5, 5.41) is 2.52. The van der Waals surface area contributed by atoms with Crippen LogP contribution in [0.2, 0.25) is 0 Å². The first-order valence-electron chi connectivity index (χ1n) is 9.17. The Morgan fingerprint density at radius 2 is 1.30 bits per heavy atom. The van der Waals surface area contributed by atoms with Crippen molar-refractivity contribution in [1.82, 2.24) is 5.32 Å². The fourth-order valence-electron chi connectivity index (χ4n) is 2.73. The highest BCUT2D eigenvalue weighted by molar-refractivity contribution is 5.72. The highest BCUT2D eigenvalue weighted by atomic mass is 16.7. The van der Waals surface area contributed by atoms with Gasteiger partial charge in [-0.15, -0.1) is 0 Å². The fraction of sp³-hybridized carbons (Fsp3) is 0.722. The second-order valence-electron chi connectivity index (χ2n) is 6.42. The number of ether oxygens (including phenoxy) is 6. The Hall–Kier alpha value is -2.73. The first-order valence-corrected chi connectivity index (χ1v) is 9.17. The van der Waals surface area contributed by atoms with E-state index < -0.39 is 54.6 Å². The number of esters is 4. The van der Waals surface area contributed by atoms with Gasteiger partial charge in [-0.1, -0.05) is 0 Å². The summed E-state index contributed by atoms with van der Waals surface area (Å²) in [6.07, 6.45) is -6.18. The molecule has 170 valence electrons. The van der Waals surface area contributed by atoms with Crippen LogP contribution in [0, 0.1) is 0 Å². The molecule has 1 amide bonds. The Balaban J connectivity index is 3.17. The molecule has 0 aromatic rings. The average Bonchev–Trinajstić information content (AvgIpc) is 2.60. The van der Waals surface area contributed by atoms with Gasteiger partial charge < -0.3 is 33.7 Å². The maximum absolute atomic E-state index is 11.7. The summed E-state index contributed by atoms with van der Waals surface area (Å²) in [6, 6.07) is 0. The van der Waals surface area contributed by atoms with Crippen LogP contribution in [0.4, 0.5) is 0 Å². The molecule has 1 saturated heterocycles. The molecule has 1 rings (SSSR count). The summed E-state index contributed by atoms with van der Waals surface area (Å²) >= 11 is 0. The summed E-state index contributed by atoms with van der Waals surface area (Å²) in [6.45, 7) is 5.64. The summed E-state index contributed by atoms with van der Waals surface area (Å²) in [7, 11) is 0. The van der Waals surface area contributed by atoms with E-state index in [1.165, 1.54) is 13.8 Å². The van der Waals surface area contributed by atoms with E-state index >= 15 is 0 Å². The molecule has 0 unspecified atom stereocenters. The summed E-state index contributed by atoms with van der Waals surface area (Å²) < 4.78 is 32.0. The minimum Gasteiger partial charge on any atom is -0.463 e. The topological polar surface area (TPSA) is 153 Å². The van der Waals surface area contributed by atoms with Crippen LogP contribution >= 0.6 is 0 Å². The SMILES string of the molecule is CC(=O)NCCO[C@@H]1O[C@H](COC(C)=O)[C@@H](OC(C)=O)[C@H](OC(C)=O)[C@H]1OC(C)=O. The van der Waals surface area contributed by atoms with Crippen LogP contribution < -0.4 is 5.32 Å². The maximum atomic E-state index is 11.7. The molecule has 1 heterocycles. The molecular formula is C18H27NO11. The van der Waals surface area contributed by atoms with Gasteiger partial charge in [-0.2, -0.15) is 0 Å². The monoisotopic (exact) mass is 433 g/mol. The molecule has 5 atom stereocenters. The van der Waals surface area contributed by atoms with Gasteiger partial charge in [0.15, 0.2) is 24.6 Å². The molecular weight excluding hydrogens is 406 g/mol. The second-order valence-corrected chi connectivity index (χ2v) is 6.42. The molecule has 1 aliphatic heterocycles. The van der Waals surface area contributed by atoms with Crippen molar-refractivity contribution >= 4 is 29.8 Å². The lowest BCUT2D eigenvalue weighted by molar-refractivity contribution is -0.307. The first-order chi connectivity index (χ1) is 14.0. The number of carbonyl (C=O) groups excluding carboxylic acids is 5. The van der Waals surface area contributed by atoms with Crippen molar-refractivity contribution in [3.63, 3.8) is 0 Å². The summed E-state index contributed by atoms with van der Waals surface area (Å²) in [4.78, 5) is 57.1. The average molecular weight is 433 g/mol. The minimum absolute atomic E-state index is 0.0344. The van der Waals surface area contributed by atoms with E-state index in [1.807, 2.05) is 0 Å². The number of carbonyl (C=O) groups is 5. The van der Waals surface area contributed by atoms with Crippen molar-refractivity contribution in [2.24, 2.45) is 0 Å². The predicted molar refractivity (Wildman–Crippen MR) is 96.6 cm³/mol. The maximum Gasteiger partial charge on any atom is 0.303 e. The van der Waals surface area contributed by atoms with Crippen molar-refractivity contribution < 1.29 is 52.4 Å². The predicted octanol–water partition coefficient (Wildman–Crippen LogP) is -0.778. The minimum atomic E-state index is -1.30. The zero-order valence-electron chi connectivity index (χ0n) is 17.5. The van der Waals surface area contributed by atoms with E-state index in [-0.39, 0.29) is 25.7 Å². The molecule has 0 radical (unpaired) electrons. The molecule has 0 spiro atoms. The third-order valence-electron chi connectivity index (χ3n) is 3.71. The van der Waals surface area contributed by atoms with Crippen LogP contribution in [0.15, 0.2) is 0 Å². The van der Waals surface area contributed by atoms with Crippen molar-refractivity contribution in [2.45, 2.75) is 65.3 Å². The van der Waals surface area contributed by atoms with Crippen LogP contribution in [0.3, 0.4) is 0 Å². The van der Waals surface area contributed by atoms with Crippen LogP contribution in [0.1, 0.15) is 34.6 Å². The van der Waals surface area contributed by atoms with Crippen molar-refractivity contribution in [3.8, 4) is 0 Å². The molecule has 1 fully saturated rings. The number of rotatable bonds is 9. The van der Waals surface area contributed by atoms with E-state index in [1.54, 1.807) is 0 Å². The molecule has 1 aliphatic rings. The molecule has 0 saturated carbocycles. The van der Waals surface area contributed by atoms with Crippen LogP contribution in [-0.4, -0.2) is 80.2 Å². The van der Waals surface area contributed by atoms with E-state index in [0.29, 0.717) is 0 Å². The largest absolute Gasteiger partial charge is 0.463 e. The molecule has 0 aromatic heterocycles. The normalized spacial score (nSPS) is 25.6. The van der Waals surface area contributed by atoms with Gasteiger partial charge >= 0.3 is 23.9 Å². The van der Waals surface area contributed by atoms with Gasteiger partial charge in [0.25, 0.3) is 0 Å². The Morgan fingerprint density at radius 3 is 1.80 bits per heavy atom. The van der Waals surface area contributed by atoms with Crippen LogP contribution in [0.25, 0.3) is 0 Å². The Kier molecular flexibility index (Phi) is 10.2. The van der Waals surface area contributed by atoms with E-state index in [0.717, 1.165) is 20.8 Å². The lowest BCUT2D eigenvalue weighted by Gasteiger charge is -2.44. The smallest absolute Gasteiger partial charge is 0.303 e. The van der Waals surface area contributed by atoms with Gasteiger partial charge in [-0.3, -0.25) is 24.0 Å². The van der Waals surface area contributed by atoms with Crippen LogP contribution in [-0.2, 0) is 52.4 Å². The van der Waals surface area contributed by atoms with Crippen molar-refractivity contribution in [2.75, 3.05) is 19.8 Å². The van der Waals surface area contributed by atoms with E-state index in [2.05, 4.69) is 5.32 Å². The number of hydrogen-bond acceptors (Lipinski definition) is 11. The van der Waals surface area contributed by atoms with Gasteiger partial charge in [0.2, 0.25) is 5.91 Å². The van der Waals surface area contributed by atoms with E-state index in [9.17, 15) is 24.0 Å². The summed E-state index contributed by atoms with van der Waals surface area (Å²) in [5.74, 6) is -3.08. The standard InChI is InChI=1S/C18H27NO11/c1-9(20)19-6-7-25-18-17(29-13(5)24)16(28-12(4)23)15(27-11(3)22)14(30-18)8-26-10(2)21/h14-18H,6-8H2,1-5H3,(H,19,20)/t14-,15-,16+,17-,18-/m1/s1. The van der Waals surface area contributed by atoms with Gasteiger partial charge in [0.05, 0.1) is 6.61 Å². The quantitative estimate of drug-likeness (QED) is 0.277. The third kappa shape index (κ3) is 8.74. The molecule has 0 aromatic carbocycles. The second kappa shape index (κ2) is 12.1.